The molecule has 1 rings (SSSR count). The molecule has 1 nitrogen and oxygen atoms in total. The first-order valence-electron chi connectivity index (χ1n) is 4.22. The van der Waals surface area contributed by atoms with Gasteiger partial charge in [-0.15, -0.1) is 0 Å². The highest BCUT2D eigenvalue weighted by atomic mass is 35.5. The highest BCUT2D eigenvalue weighted by Gasteiger charge is 2.24. The van der Waals surface area contributed by atoms with Crippen molar-refractivity contribution in [3.63, 3.8) is 0 Å². The van der Waals surface area contributed by atoms with E-state index >= 15 is 0 Å². The van der Waals surface area contributed by atoms with Crippen LogP contribution in [0.1, 0.15) is 18.1 Å². The van der Waals surface area contributed by atoms with Crippen molar-refractivity contribution in [2.75, 3.05) is 6.61 Å². The van der Waals surface area contributed by atoms with Crippen LogP contribution in [0.3, 0.4) is 0 Å². The van der Waals surface area contributed by atoms with Gasteiger partial charge in [-0.3, -0.25) is 0 Å². The largest absolute Gasteiger partial charge is 0.396 e. The number of hydrogen-bond donors (Lipinski definition) is 1. The zero-order valence-electron chi connectivity index (χ0n) is 7.73. The molecular weight excluding hydrogens is 210 g/mol. The minimum absolute atomic E-state index is 0.0401. The predicted molar refractivity (Wildman–Crippen MR) is 51.8 cm³/mol. The molecule has 1 aromatic rings. The lowest BCUT2D eigenvalue weighted by molar-refractivity contribution is 0.0174. The summed E-state index contributed by atoms with van der Waals surface area (Å²) >= 11 is 5.77. The lowest BCUT2D eigenvalue weighted by Gasteiger charge is -2.12. The molecule has 0 aliphatic rings. The minimum atomic E-state index is -2.87. The van der Waals surface area contributed by atoms with Crippen molar-refractivity contribution >= 4 is 11.6 Å². The topological polar surface area (TPSA) is 20.2 Å². The van der Waals surface area contributed by atoms with Gasteiger partial charge < -0.3 is 5.11 Å². The van der Waals surface area contributed by atoms with Crippen LogP contribution in [0, 0.1) is 0 Å². The smallest absolute Gasteiger partial charge is 0.270 e. The van der Waals surface area contributed by atoms with Gasteiger partial charge in [0.15, 0.2) is 0 Å². The summed E-state index contributed by atoms with van der Waals surface area (Å²) in [6, 6.07) is 4.09. The Labute approximate surface area is 86.3 Å². The Balaban J connectivity index is 3.01. The van der Waals surface area contributed by atoms with E-state index in [4.69, 9.17) is 16.7 Å². The van der Waals surface area contributed by atoms with Crippen molar-refractivity contribution in [3.8, 4) is 0 Å². The van der Waals surface area contributed by atoms with E-state index in [-0.39, 0.29) is 17.2 Å². The fourth-order valence-electron chi connectivity index (χ4n) is 1.14. The van der Waals surface area contributed by atoms with Gasteiger partial charge in [-0.05, 0) is 18.1 Å². The monoisotopic (exact) mass is 220 g/mol. The highest BCUT2D eigenvalue weighted by molar-refractivity contribution is 6.31. The predicted octanol–water partition coefficient (Wildman–Crippen LogP) is 2.99. The summed E-state index contributed by atoms with van der Waals surface area (Å²) < 4.78 is 25.7. The van der Waals surface area contributed by atoms with Crippen LogP contribution >= 0.6 is 11.6 Å². The summed E-state index contributed by atoms with van der Waals surface area (Å²) in [4.78, 5) is 0. The summed E-state index contributed by atoms with van der Waals surface area (Å²) in [6.45, 7) is 0.784. The maximum Gasteiger partial charge on any atom is 0.270 e. The van der Waals surface area contributed by atoms with Crippen LogP contribution in [0.4, 0.5) is 8.78 Å². The second kappa shape index (κ2) is 4.24. The van der Waals surface area contributed by atoms with E-state index in [1.807, 2.05) is 0 Å². The number of aliphatic hydroxyl groups is 1. The Bertz CT molecular complexity index is 320. The summed E-state index contributed by atoms with van der Waals surface area (Å²) in [7, 11) is 0. The zero-order chi connectivity index (χ0) is 10.8. The number of hydrogen-bond acceptors (Lipinski definition) is 1. The molecule has 0 bridgehead atoms. The molecule has 0 fully saturated rings. The number of halogens is 3. The number of alkyl halides is 2. The molecule has 0 saturated carbocycles. The molecule has 0 saturated heterocycles. The van der Waals surface area contributed by atoms with Crippen LogP contribution in [0.5, 0.6) is 0 Å². The van der Waals surface area contributed by atoms with Crippen LogP contribution in [-0.4, -0.2) is 11.7 Å². The normalized spacial score (nSPS) is 11.8. The molecule has 0 amide bonds. The van der Waals surface area contributed by atoms with Gasteiger partial charge in [-0.2, -0.15) is 0 Å². The Kier molecular flexibility index (Phi) is 3.45. The van der Waals surface area contributed by atoms with Crippen molar-refractivity contribution in [2.45, 2.75) is 19.3 Å². The molecule has 78 valence electrons. The van der Waals surface area contributed by atoms with E-state index in [9.17, 15) is 8.78 Å². The van der Waals surface area contributed by atoms with Crippen molar-refractivity contribution in [1.29, 1.82) is 0 Å². The van der Waals surface area contributed by atoms with E-state index < -0.39 is 5.92 Å². The van der Waals surface area contributed by atoms with Gasteiger partial charge in [0, 0.05) is 24.1 Å². The third-order valence-corrected chi connectivity index (χ3v) is 2.29. The first kappa shape index (κ1) is 11.4. The van der Waals surface area contributed by atoms with Crippen molar-refractivity contribution < 1.29 is 13.9 Å². The SMILES string of the molecule is CC(F)(F)c1ccc(CCO)c(Cl)c1. The fraction of sp³-hybridized carbons (Fsp3) is 0.400. The van der Waals surface area contributed by atoms with Crippen LogP contribution < -0.4 is 0 Å². The molecule has 4 heteroatoms. The molecule has 0 aromatic heterocycles. The van der Waals surface area contributed by atoms with E-state index in [1.54, 1.807) is 0 Å². The van der Waals surface area contributed by atoms with Gasteiger partial charge in [0.2, 0.25) is 0 Å². The van der Waals surface area contributed by atoms with Crippen molar-refractivity contribution in [2.24, 2.45) is 0 Å². The van der Waals surface area contributed by atoms with Gasteiger partial charge in [0.05, 0.1) is 0 Å². The molecule has 0 atom stereocenters. The minimum Gasteiger partial charge on any atom is -0.396 e. The Hall–Kier alpha value is -0.670. The maximum absolute atomic E-state index is 12.8. The van der Waals surface area contributed by atoms with Gasteiger partial charge in [0.1, 0.15) is 0 Å². The maximum atomic E-state index is 12.8. The highest BCUT2D eigenvalue weighted by Crippen LogP contribution is 2.30. The Morgan fingerprint density at radius 1 is 1.43 bits per heavy atom. The molecule has 0 radical (unpaired) electrons. The van der Waals surface area contributed by atoms with E-state index in [0.29, 0.717) is 12.0 Å². The third-order valence-electron chi connectivity index (χ3n) is 1.94. The van der Waals surface area contributed by atoms with Crippen molar-refractivity contribution in [3.05, 3.63) is 34.3 Å². The molecule has 0 spiro atoms. The van der Waals surface area contributed by atoms with E-state index in [2.05, 4.69) is 0 Å². The lowest BCUT2D eigenvalue weighted by Crippen LogP contribution is -2.07. The molecule has 1 aromatic carbocycles. The standard InChI is InChI=1S/C10H11ClF2O/c1-10(12,13)8-3-2-7(4-5-14)9(11)6-8/h2-3,6,14H,4-5H2,1H3. The Morgan fingerprint density at radius 2 is 2.07 bits per heavy atom. The van der Waals surface area contributed by atoms with Crippen LogP contribution in [0.25, 0.3) is 0 Å². The average molecular weight is 221 g/mol. The molecular formula is C10H11ClF2O. The second-order valence-corrected chi connectivity index (χ2v) is 3.58. The van der Waals surface area contributed by atoms with E-state index in [1.165, 1.54) is 18.2 Å². The van der Waals surface area contributed by atoms with Gasteiger partial charge in [-0.1, -0.05) is 23.7 Å². The molecule has 0 aliphatic carbocycles. The van der Waals surface area contributed by atoms with Crippen molar-refractivity contribution in [1.82, 2.24) is 0 Å². The van der Waals surface area contributed by atoms with Crippen LogP contribution in [-0.2, 0) is 12.3 Å². The number of rotatable bonds is 3. The first-order chi connectivity index (χ1) is 6.45. The van der Waals surface area contributed by atoms with Crippen LogP contribution in [0.2, 0.25) is 5.02 Å². The molecule has 14 heavy (non-hydrogen) atoms. The first-order valence-corrected chi connectivity index (χ1v) is 4.60. The van der Waals surface area contributed by atoms with Gasteiger partial charge in [0.25, 0.3) is 5.92 Å². The fourth-order valence-corrected chi connectivity index (χ4v) is 1.42. The quantitative estimate of drug-likeness (QED) is 0.830. The van der Waals surface area contributed by atoms with E-state index in [0.717, 1.165) is 6.92 Å². The van der Waals surface area contributed by atoms with Crippen LogP contribution in [0.15, 0.2) is 18.2 Å². The Morgan fingerprint density at radius 3 is 2.50 bits per heavy atom. The molecule has 0 heterocycles. The second-order valence-electron chi connectivity index (χ2n) is 3.17. The lowest BCUT2D eigenvalue weighted by atomic mass is 10.1. The molecule has 0 unspecified atom stereocenters. The van der Waals surface area contributed by atoms with Gasteiger partial charge >= 0.3 is 0 Å². The molecule has 1 N–H and O–H groups in total. The van der Waals surface area contributed by atoms with Gasteiger partial charge in [-0.25, -0.2) is 8.78 Å². The number of aliphatic hydroxyl groups excluding tert-OH is 1. The summed E-state index contributed by atoms with van der Waals surface area (Å²) in [5, 5.41) is 8.94. The molecule has 0 aliphatic heterocycles. The summed E-state index contributed by atoms with van der Waals surface area (Å²) in [5.74, 6) is -2.87. The summed E-state index contributed by atoms with van der Waals surface area (Å²) in [5.41, 5.74) is 0.575. The summed E-state index contributed by atoms with van der Waals surface area (Å²) in [6.07, 6.45) is 0.383. The average Bonchev–Trinajstić information content (AvgIpc) is 2.07. The third kappa shape index (κ3) is 2.66. The zero-order valence-corrected chi connectivity index (χ0v) is 8.48. The number of benzene rings is 1.